The fourth-order valence-corrected chi connectivity index (χ4v) is 2.11. The predicted molar refractivity (Wildman–Crippen MR) is 72.9 cm³/mol. The third kappa shape index (κ3) is 4.14. The Morgan fingerprint density at radius 3 is 2.83 bits per heavy atom. The van der Waals surface area contributed by atoms with Gasteiger partial charge in [-0.15, -0.1) is 0 Å². The van der Waals surface area contributed by atoms with Gasteiger partial charge in [0, 0.05) is 19.7 Å². The van der Waals surface area contributed by atoms with Crippen molar-refractivity contribution in [3.05, 3.63) is 12.4 Å². The molecular formula is C13H22N4O. The highest BCUT2D eigenvalue weighted by atomic mass is 16.5. The zero-order valence-electron chi connectivity index (χ0n) is 11.0. The van der Waals surface area contributed by atoms with Crippen LogP contribution in [0.4, 0.5) is 11.6 Å². The van der Waals surface area contributed by atoms with Gasteiger partial charge in [0.15, 0.2) is 0 Å². The fraction of sp³-hybridized carbons (Fsp3) is 0.692. The first-order valence-corrected chi connectivity index (χ1v) is 6.80. The summed E-state index contributed by atoms with van der Waals surface area (Å²) in [4.78, 5) is 8.57. The molecule has 1 aliphatic rings. The molecule has 1 unspecified atom stereocenters. The lowest BCUT2D eigenvalue weighted by Gasteiger charge is -2.22. The molecule has 1 atom stereocenters. The third-order valence-electron chi connectivity index (χ3n) is 3.04. The summed E-state index contributed by atoms with van der Waals surface area (Å²) in [5, 5.41) is 6.45. The molecule has 1 aromatic rings. The molecule has 1 saturated heterocycles. The van der Waals surface area contributed by atoms with Crippen LogP contribution >= 0.6 is 0 Å². The van der Waals surface area contributed by atoms with Crippen LogP contribution < -0.4 is 10.6 Å². The second-order valence-corrected chi connectivity index (χ2v) is 4.52. The van der Waals surface area contributed by atoms with E-state index in [9.17, 15) is 0 Å². The maximum absolute atomic E-state index is 5.69. The zero-order chi connectivity index (χ0) is 12.6. The van der Waals surface area contributed by atoms with Gasteiger partial charge in [0.25, 0.3) is 0 Å². The third-order valence-corrected chi connectivity index (χ3v) is 3.04. The van der Waals surface area contributed by atoms with E-state index < -0.39 is 0 Å². The lowest BCUT2D eigenvalue weighted by atomic mass is 10.1. The van der Waals surface area contributed by atoms with Gasteiger partial charge >= 0.3 is 0 Å². The summed E-state index contributed by atoms with van der Waals surface area (Å²) in [6.45, 7) is 4.70. The average Bonchev–Trinajstić information content (AvgIpc) is 2.41. The molecule has 1 aromatic heterocycles. The van der Waals surface area contributed by atoms with Crippen molar-refractivity contribution in [1.82, 2.24) is 9.97 Å². The average molecular weight is 250 g/mol. The monoisotopic (exact) mass is 250 g/mol. The number of ether oxygens (including phenoxy) is 1. The van der Waals surface area contributed by atoms with Crippen LogP contribution in [0.15, 0.2) is 12.4 Å². The van der Waals surface area contributed by atoms with E-state index >= 15 is 0 Å². The number of aromatic nitrogens is 2. The van der Waals surface area contributed by atoms with E-state index in [1.807, 2.05) is 6.92 Å². The molecule has 0 amide bonds. The Morgan fingerprint density at radius 1 is 1.28 bits per heavy atom. The van der Waals surface area contributed by atoms with E-state index in [0.717, 1.165) is 37.8 Å². The molecule has 5 heteroatoms. The lowest BCUT2D eigenvalue weighted by Crippen LogP contribution is -2.22. The molecule has 0 bridgehead atoms. The van der Waals surface area contributed by atoms with Crippen molar-refractivity contribution in [2.24, 2.45) is 0 Å². The summed E-state index contributed by atoms with van der Waals surface area (Å²) >= 11 is 0. The molecule has 0 radical (unpaired) electrons. The van der Waals surface area contributed by atoms with E-state index in [1.54, 1.807) is 12.4 Å². The topological polar surface area (TPSA) is 59.1 Å². The molecule has 0 aromatic carbocycles. The maximum Gasteiger partial charge on any atom is 0.146 e. The maximum atomic E-state index is 5.69. The number of hydrogen-bond donors (Lipinski definition) is 2. The van der Waals surface area contributed by atoms with E-state index in [0.29, 0.717) is 6.10 Å². The number of hydrogen-bond acceptors (Lipinski definition) is 5. The normalized spacial score (nSPS) is 19.5. The van der Waals surface area contributed by atoms with Crippen molar-refractivity contribution in [2.45, 2.75) is 38.7 Å². The summed E-state index contributed by atoms with van der Waals surface area (Å²) in [6, 6.07) is 0. The first-order chi connectivity index (χ1) is 8.88. The number of nitrogens with one attached hydrogen (secondary N) is 2. The van der Waals surface area contributed by atoms with Crippen molar-refractivity contribution < 1.29 is 4.74 Å². The van der Waals surface area contributed by atoms with Gasteiger partial charge in [-0.3, -0.25) is 4.98 Å². The highest BCUT2D eigenvalue weighted by molar-refractivity contribution is 5.41. The first kappa shape index (κ1) is 13.1. The highest BCUT2D eigenvalue weighted by Crippen LogP contribution is 2.15. The van der Waals surface area contributed by atoms with Gasteiger partial charge in [0.05, 0.1) is 18.5 Å². The molecule has 2 rings (SSSR count). The first-order valence-electron chi connectivity index (χ1n) is 6.80. The minimum Gasteiger partial charge on any atom is -0.378 e. The molecule has 2 N–H and O–H groups in total. The van der Waals surface area contributed by atoms with Crippen LogP contribution in [-0.4, -0.2) is 35.8 Å². The van der Waals surface area contributed by atoms with Crippen LogP contribution in [0.1, 0.15) is 32.6 Å². The number of nitrogens with zero attached hydrogens (tertiary/aromatic N) is 2. The van der Waals surface area contributed by atoms with Gasteiger partial charge in [-0.05, 0) is 32.6 Å². The Hall–Kier alpha value is -1.36. The largest absolute Gasteiger partial charge is 0.378 e. The van der Waals surface area contributed by atoms with Crippen LogP contribution in [0.5, 0.6) is 0 Å². The zero-order valence-corrected chi connectivity index (χ0v) is 11.0. The van der Waals surface area contributed by atoms with E-state index in [1.165, 1.54) is 19.3 Å². The highest BCUT2D eigenvalue weighted by Gasteiger charge is 2.12. The second kappa shape index (κ2) is 7.16. The van der Waals surface area contributed by atoms with Crippen molar-refractivity contribution >= 4 is 11.6 Å². The van der Waals surface area contributed by atoms with Gasteiger partial charge in [-0.25, -0.2) is 4.98 Å². The minimum atomic E-state index is 0.413. The number of rotatable bonds is 6. The number of anilines is 2. The molecule has 5 nitrogen and oxygen atoms in total. The van der Waals surface area contributed by atoms with Gasteiger partial charge in [0.1, 0.15) is 11.6 Å². The quantitative estimate of drug-likeness (QED) is 0.811. The van der Waals surface area contributed by atoms with E-state index in [2.05, 4.69) is 20.6 Å². The summed E-state index contributed by atoms with van der Waals surface area (Å²) in [7, 11) is 0. The predicted octanol–water partition coefficient (Wildman–Crippen LogP) is 2.28. The van der Waals surface area contributed by atoms with Gasteiger partial charge in [-0.1, -0.05) is 0 Å². The fourth-order valence-electron chi connectivity index (χ4n) is 2.11. The van der Waals surface area contributed by atoms with Crippen LogP contribution in [0.25, 0.3) is 0 Å². The van der Waals surface area contributed by atoms with Crippen LogP contribution in [0.3, 0.4) is 0 Å². The minimum absolute atomic E-state index is 0.413. The summed E-state index contributed by atoms with van der Waals surface area (Å²) < 4.78 is 5.69. The summed E-state index contributed by atoms with van der Waals surface area (Å²) in [5.74, 6) is 1.64. The molecule has 100 valence electrons. The summed E-state index contributed by atoms with van der Waals surface area (Å²) in [6.07, 6.45) is 8.62. The molecular weight excluding hydrogens is 228 g/mol. The Labute approximate surface area is 108 Å². The van der Waals surface area contributed by atoms with Crippen molar-refractivity contribution in [1.29, 1.82) is 0 Å². The Balaban J connectivity index is 1.73. The smallest absolute Gasteiger partial charge is 0.146 e. The van der Waals surface area contributed by atoms with E-state index in [-0.39, 0.29) is 0 Å². The van der Waals surface area contributed by atoms with Crippen LogP contribution in [-0.2, 0) is 4.74 Å². The molecule has 1 fully saturated rings. The lowest BCUT2D eigenvalue weighted by molar-refractivity contribution is 0.0134. The molecule has 2 heterocycles. The molecule has 0 saturated carbocycles. The second-order valence-electron chi connectivity index (χ2n) is 4.52. The van der Waals surface area contributed by atoms with Crippen molar-refractivity contribution in [3.63, 3.8) is 0 Å². The van der Waals surface area contributed by atoms with Crippen molar-refractivity contribution in [2.75, 3.05) is 30.3 Å². The molecule has 18 heavy (non-hydrogen) atoms. The van der Waals surface area contributed by atoms with Crippen molar-refractivity contribution in [3.8, 4) is 0 Å². The van der Waals surface area contributed by atoms with Gasteiger partial charge in [-0.2, -0.15) is 0 Å². The Kier molecular flexibility index (Phi) is 5.20. The molecule has 0 spiro atoms. The SMILES string of the molecule is CCNc1cncc(NCCC2CCCCO2)n1. The van der Waals surface area contributed by atoms with E-state index in [4.69, 9.17) is 4.74 Å². The van der Waals surface area contributed by atoms with Crippen LogP contribution in [0, 0.1) is 0 Å². The Bertz CT molecular complexity index is 353. The Morgan fingerprint density at radius 2 is 2.11 bits per heavy atom. The van der Waals surface area contributed by atoms with Gasteiger partial charge in [0.2, 0.25) is 0 Å². The van der Waals surface area contributed by atoms with Crippen LogP contribution in [0.2, 0.25) is 0 Å². The molecule has 0 aliphatic carbocycles. The van der Waals surface area contributed by atoms with Gasteiger partial charge < -0.3 is 15.4 Å². The molecule has 1 aliphatic heterocycles. The summed E-state index contributed by atoms with van der Waals surface area (Å²) in [5.41, 5.74) is 0. The standard InChI is InChI=1S/C13H22N4O/c1-2-15-12-9-14-10-13(17-12)16-7-6-11-5-3-4-8-18-11/h9-11H,2-8H2,1H3,(H2,15,16,17).